The molecule has 0 bridgehead atoms. The van der Waals surface area contributed by atoms with E-state index in [1.165, 1.54) is 0 Å². The van der Waals surface area contributed by atoms with Gasteiger partial charge in [-0.3, -0.25) is 9.59 Å². The van der Waals surface area contributed by atoms with Crippen molar-refractivity contribution in [3.8, 4) is 0 Å². The second kappa shape index (κ2) is 7.78. The number of hydrogen-bond acceptors (Lipinski definition) is 3. The van der Waals surface area contributed by atoms with Crippen LogP contribution < -0.4 is 16.4 Å². The molecule has 5 nitrogen and oxygen atoms in total. The predicted octanol–water partition coefficient (Wildman–Crippen LogP) is 0.936. The van der Waals surface area contributed by atoms with Gasteiger partial charge in [-0.2, -0.15) is 0 Å². The van der Waals surface area contributed by atoms with E-state index in [0.717, 1.165) is 31.2 Å². The summed E-state index contributed by atoms with van der Waals surface area (Å²) in [5.41, 5.74) is 6.40. The number of hydrogen-bond donors (Lipinski definition) is 3. The lowest BCUT2D eigenvalue weighted by atomic mass is 9.85. The third kappa shape index (κ3) is 5.19. The van der Waals surface area contributed by atoms with Gasteiger partial charge in [0.15, 0.2) is 0 Å². The number of nitrogens with one attached hydrogen (secondary N) is 2. The number of carbonyl (C=O) groups excluding carboxylic acids is 2. The molecule has 0 aliphatic heterocycles. The maximum absolute atomic E-state index is 11.8. The molecule has 5 heteroatoms. The molecule has 1 aromatic carbocycles. The van der Waals surface area contributed by atoms with Crippen LogP contribution in [-0.4, -0.2) is 24.4 Å². The van der Waals surface area contributed by atoms with Crippen molar-refractivity contribution in [2.24, 2.45) is 11.7 Å². The number of amides is 2. The number of carbonyl (C=O) groups is 2. The van der Waals surface area contributed by atoms with E-state index in [1.54, 1.807) is 0 Å². The van der Waals surface area contributed by atoms with Gasteiger partial charge < -0.3 is 16.4 Å². The first-order valence-electron chi connectivity index (χ1n) is 7.48. The fraction of sp³-hybridized carbons (Fsp3) is 0.500. The number of benzene rings is 1. The minimum absolute atomic E-state index is 0.00382. The molecule has 0 unspecified atom stereocenters. The number of rotatable bonds is 6. The average molecular weight is 289 g/mol. The third-order valence-electron chi connectivity index (χ3n) is 4.01. The highest BCUT2D eigenvalue weighted by Crippen LogP contribution is 2.23. The van der Waals surface area contributed by atoms with Crippen LogP contribution in [0.4, 0.5) is 0 Å². The first-order valence-corrected chi connectivity index (χ1v) is 7.48. The van der Waals surface area contributed by atoms with Crippen molar-refractivity contribution in [1.29, 1.82) is 0 Å². The van der Waals surface area contributed by atoms with Gasteiger partial charge in [-0.05, 0) is 31.2 Å². The molecule has 2 rings (SSSR count). The van der Waals surface area contributed by atoms with Gasteiger partial charge in [-0.15, -0.1) is 0 Å². The van der Waals surface area contributed by atoms with Crippen LogP contribution in [0.5, 0.6) is 0 Å². The smallest absolute Gasteiger partial charge is 0.234 e. The topological polar surface area (TPSA) is 84.2 Å². The summed E-state index contributed by atoms with van der Waals surface area (Å²) in [5.74, 6) is -0.195. The van der Waals surface area contributed by atoms with E-state index in [9.17, 15) is 9.59 Å². The van der Waals surface area contributed by atoms with Gasteiger partial charge in [0, 0.05) is 18.5 Å². The Morgan fingerprint density at radius 1 is 1.10 bits per heavy atom. The maximum Gasteiger partial charge on any atom is 0.234 e. The normalized spacial score (nSPS) is 21.7. The number of primary amides is 1. The molecule has 0 radical (unpaired) electrons. The lowest BCUT2D eigenvalue weighted by Gasteiger charge is -2.27. The number of nitrogens with two attached hydrogens (primary N) is 1. The summed E-state index contributed by atoms with van der Waals surface area (Å²) < 4.78 is 0. The van der Waals surface area contributed by atoms with Crippen molar-refractivity contribution in [2.45, 2.75) is 38.3 Å². The lowest BCUT2D eigenvalue weighted by molar-refractivity contribution is -0.123. The molecule has 0 spiro atoms. The van der Waals surface area contributed by atoms with Gasteiger partial charge in [0.1, 0.15) is 0 Å². The third-order valence-corrected chi connectivity index (χ3v) is 4.01. The first-order chi connectivity index (χ1) is 10.1. The van der Waals surface area contributed by atoms with E-state index in [2.05, 4.69) is 10.6 Å². The first kappa shape index (κ1) is 15.5. The molecule has 0 atom stereocenters. The van der Waals surface area contributed by atoms with Gasteiger partial charge in [0.2, 0.25) is 11.8 Å². The molecule has 1 saturated carbocycles. The molecule has 1 aliphatic rings. The zero-order valence-electron chi connectivity index (χ0n) is 12.2. The molecule has 114 valence electrons. The van der Waals surface area contributed by atoms with E-state index in [-0.39, 0.29) is 17.7 Å². The fourth-order valence-electron chi connectivity index (χ4n) is 2.68. The predicted molar refractivity (Wildman–Crippen MR) is 81.2 cm³/mol. The molecule has 1 aromatic rings. The molecule has 2 amide bonds. The van der Waals surface area contributed by atoms with Gasteiger partial charge in [0.25, 0.3) is 0 Å². The molecular weight excluding hydrogens is 266 g/mol. The minimum atomic E-state index is -0.200. The summed E-state index contributed by atoms with van der Waals surface area (Å²) in [4.78, 5) is 22.9. The fourth-order valence-corrected chi connectivity index (χ4v) is 2.68. The Morgan fingerprint density at radius 3 is 2.38 bits per heavy atom. The van der Waals surface area contributed by atoms with Gasteiger partial charge in [-0.25, -0.2) is 0 Å². The highest BCUT2D eigenvalue weighted by atomic mass is 16.2. The Hall–Kier alpha value is -1.88. The van der Waals surface area contributed by atoms with Crippen molar-refractivity contribution < 1.29 is 9.59 Å². The summed E-state index contributed by atoms with van der Waals surface area (Å²) >= 11 is 0. The van der Waals surface area contributed by atoms with E-state index in [4.69, 9.17) is 5.73 Å². The van der Waals surface area contributed by atoms with E-state index in [1.807, 2.05) is 30.3 Å². The lowest BCUT2D eigenvalue weighted by Crippen LogP contribution is -2.41. The van der Waals surface area contributed by atoms with E-state index >= 15 is 0 Å². The summed E-state index contributed by atoms with van der Waals surface area (Å²) in [7, 11) is 0. The van der Waals surface area contributed by atoms with Crippen LogP contribution in [0.2, 0.25) is 0 Å². The Labute approximate surface area is 125 Å². The molecule has 21 heavy (non-hydrogen) atoms. The minimum Gasteiger partial charge on any atom is -0.369 e. The summed E-state index contributed by atoms with van der Waals surface area (Å²) in [5, 5.41) is 6.14. The Kier molecular flexibility index (Phi) is 5.75. The van der Waals surface area contributed by atoms with Crippen LogP contribution in [0.25, 0.3) is 0 Å². The van der Waals surface area contributed by atoms with Crippen LogP contribution in [0.15, 0.2) is 30.3 Å². The highest BCUT2D eigenvalue weighted by molar-refractivity contribution is 5.78. The van der Waals surface area contributed by atoms with Crippen LogP contribution >= 0.6 is 0 Å². The largest absolute Gasteiger partial charge is 0.369 e. The van der Waals surface area contributed by atoms with Crippen LogP contribution in [0.1, 0.15) is 31.2 Å². The molecule has 0 heterocycles. The zero-order chi connectivity index (χ0) is 15.1. The second-order valence-electron chi connectivity index (χ2n) is 5.59. The summed E-state index contributed by atoms with van der Waals surface area (Å²) in [6.07, 6.45) is 3.44. The second-order valence-corrected chi connectivity index (χ2v) is 5.59. The zero-order valence-corrected chi connectivity index (χ0v) is 12.2. The molecule has 0 aromatic heterocycles. The van der Waals surface area contributed by atoms with Crippen molar-refractivity contribution in [3.63, 3.8) is 0 Å². The van der Waals surface area contributed by atoms with Crippen LogP contribution in [-0.2, 0) is 16.1 Å². The summed E-state index contributed by atoms with van der Waals surface area (Å²) in [6.45, 7) is 0.870. The van der Waals surface area contributed by atoms with Crippen molar-refractivity contribution in [3.05, 3.63) is 35.9 Å². The summed E-state index contributed by atoms with van der Waals surface area (Å²) in [6, 6.07) is 10.1. The Balaban J connectivity index is 1.62. The maximum atomic E-state index is 11.8. The van der Waals surface area contributed by atoms with Crippen molar-refractivity contribution in [1.82, 2.24) is 10.6 Å². The molecule has 1 fully saturated rings. The Morgan fingerprint density at radius 2 is 1.76 bits per heavy atom. The van der Waals surface area contributed by atoms with Gasteiger partial charge >= 0.3 is 0 Å². The highest BCUT2D eigenvalue weighted by Gasteiger charge is 2.24. The average Bonchev–Trinajstić information content (AvgIpc) is 2.52. The monoisotopic (exact) mass is 289 g/mol. The molecule has 1 aliphatic carbocycles. The standard InChI is InChI=1S/C16H23N3O2/c17-16(21)13-6-8-14(9-7-13)18-11-15(20)19-10-12-4-2-1-3-5-12/h1-5,13-14,18H,6-11H2,(H2,17,21)(H,19,20). The molecular formula is C16H23N3O2. The molecule has 4 N–H and O–H groups in total. The van der Waals surface area contributed by atoms with Crippen LogP contribution in [0.3, 0.4) is 0 Å². The van der Waals surface area contributed by atoms with Gasteiger partial charge in [0.05, 0.1) is 6.54 Å². The van der Waals surface area contributed by atoms with Crippen molar-refractivity contribution >= 4 is 11.8 Å². The van der Waals surface area contributed by atoms with Gasteiger partial charge in [-0.1, -0.05) is 30.3 Å². The SMILES string of the molecule is NC(=O)C1CCC(NCC(=O)NCc2ccccc2)CC1. The van der Waals surface area contributed by atoms with E-state index in [0.29, 0.717) is 19.1 Å². The van der Waals surface area contributed by atoms with Crippen LogP contribution in [0, 0.1) is 5.92 Å². The van der Waals surface area contributed by atoms with Crippen molar-refractivity contribution in [2.75, 3.05) is 6.54 Å². The quantitative estimate of drug-likeness (QED) is 0.728. The molecule has 0 saturated heterocycles. The van der Waals surface area contributed by atoms with E-state index < -0.39 is 0 Å². The Bertz CT molecular complexity index is 468.